The highest BCUT2D eigenvalue weighted by atomic mass is 32.2. The number of methoxy groups -OCH3 is 1. The molecule has 0 spiro atoms. The van der Waals surface area contributed by atoms with Crippen molar-refractivity contribution >= 4 is 20.9 Å². The van der Waals surface area contributed by atoms with Gasteiger partial charge in [0.1, 0.15) is 5.75 Å². The maximum atomic E-state index is 13.2. The van der Waals surface area contributed by atoms with Gasteiger partial charge in [-0.2, -0.15) is 4.31 Å². The minimum atomic E-state index is -3.53. The Bertz CT molecular complexity index is 1130. The molecule has 0 bridgehead atoms. The number of ether oxygens (including phenoxy) is 1. The third kappa shape index (κ3) is 2.91. The maximum Gasteiger partial charge on any atom is 0.243 e. The number of rotatable bonds is 5. The number of hydrogen-bond acceptors (Lipinski definition) is 3. The first-order valence-electron chi connectivity index (χ1n) is 9.81. The fourth-order valence-electron chi connectivity index (χ4n) is 4.25. The van der Waals surface area contributed by atoms with Crippen molar-refractivity contribution in [3.63, 3.8) is 0 Å². The van der Waals surface area contributed by atoms with E-state index in [0.717, 1.165) is 18.9 Å². The van der Waals surface area contributed by atoms with E-state index < -0.39 is 10.0 Å². The second-order valence-electron chi connectivity index (χ2n) is 7.76. The lowest BCUT2D eigenvalue weighted by molar-refractivity contribution is 0.384. The van der Waals surface area contributed by atoms with E-state index in [-0.39, 0.29) is 0 Å². The van der Waals surface area contributed by atoms with E-state index in [9.17, 15) is 8.42 Å². The smallest absolute Gasteiger partial charge is 0.243 e. The summed E-state index contributed by atoms with van der Waals surface area (Å²) >= 11 is 0. The van der Waals surface area contributed by atoms with Gasteiger partial charge in [-0.05, 0) is 54.7 Å². The van der Waals surface area contributed by atoms with E-state index in [0.29, 0.717) is 23.7 Å². The van der Waals surface area contributed by atoms with Gasteiger partial charge in [0, 0.05) is 42.7 Å². The van der Waals surface area contributed by atoms with E-state index in [4.69, 9.17) is 4.74 Å². The summed E-state index contributed by atoms with van der Waals surface area (Å²) in [4.78, 5) is 0.318. The van der Waals surface area contributed by atoms with Crippen LogP contribution in [0.5, 0.6) is 5.75 Å². The van der Waals surface area contributed by atoms with E-state index in [2.05, 4.69) is 22.8 Å². The van der Waals surface area contributed by atoms with Gasteiger partial charge < -0.3 is 9.30 Å². The molecule has 1 saturated carbocycles. The van der Waals surface area contributed by atoms with Crippen molar-refractivity contribution in [3.05, 3.63) is 59.8 Å². The molecule has 1 fully saturated rings. The molecule has 5 rings (SSSR count). The van der Waals surface area contributed by atoms with E-state index in [1.807, 2.05) is 6.07 Å². The SMILES string of the molecule is COc1ccc(S(=O)(=O)N2CCc3c(c4ccccc4n3CC3CC3)C2)cc1. The highest BCUT2D eigenvalue weighted by molar-refractivity contribution is 7.89. The Kier molecular flexibility index (Phi) is 4.21. The lowest BCUT2D eigenvalue weighted by Gasteiger charge is -2.27. The lowest BCUT2D eigenvalue weighted by Crippen LogP contribution is -2.36. The quantitative estimate of drug-likeness (QED) is 0.659. The second-order valence-corrected chi connectivity index (χ2v) is 9.70. The molecule has 146 valence electrons. The van der Waals surface area contributed by atoms with Crippen LogP contribution in [0.25, 0.3) is 10.9 Å². The predicted octanol–water partition coefficient (Wildman–Crippen LogP) is 3.81. The summed E-state index contributed by atoms with van der Waals surface area (Å²) in [5.41, 5.74) is 3.72. The van der Waals surface area contributed by atoms with Gasteiger partial charge in [-0.1, -0.05) is 18.2 Å². The minimum absolute atomic E-state index is 0.318. The number of hydrogen-bond donors (Lipinski definition) is 0. The Labute approximate surface area is 165 Å². The van der Waals surface area contributed by atoms with Crippen molar-refractivity contribution in [2.24, 2.45) is 5.92 Å². The van der Waals surface area contributed by atoms with Crippen LogP contribution in [0.15, 0.2) is 53.4 Å². The third-order valence-electron chi connectivity index (χ3n) is 5.96. The molecule has 2 aromatic carbocycles. The van der Waals surface area contributed by atoms with Crippen molar-refractivity contribution in [1.82, 2.24) is 8.87 Å². The van der Waals surface area contributed by atoms with Crippen molar-refractivity contribution < 1.29 is 13.2 Å². The fourth-order valence-corrected chi connectivity index (χ4v) is 5.65. The molecule has 0 atom stereocenters. The standard InChI is InChI=1S/C22H24N2O3S/c1-27-17-8-10-18(11-9-17)28(25,26)23-13-12-22-20(15-23)19-4-2-3-5-21(19)24(22)14-16-6-7-16/h2-5,8-11,16H,6-7,12-15H2,1H3. The monoisotopic (exact) mass is 396 g/mol. The van der Waals surface area contributed by atoms with Gasteiger partial charge in [0.25, 0.3) is 0 Å². The zero-order chi connectivity index (χ0) is 19.3. The van der Waals surface area contributed by atoms with Crippen molar-refractivity contribution in [2.75, 3.05) is 13.7 Å². The fraction of sp³-hybridized carbons (Fsp3) is 0.364. The second kappa shape index (κ2) is 6.64. The molecule has 1 aliphatic heterocycles. The van der Waals surface area contributed by atoms with Crippen molar-refractivity contribution in [3.8, 4) is 5.75 Å². The summed E-state index contributed by atoms with van der Waals surface area (Å²) in [5, 5.41) is 1.19. The summed E-state index contributed by atoms with van der Waals surface area (Å²) < 4.78 is 35.6. The Hall–Kier alpha value is -2.31. The van der Waals surface area contributed by atoms with Crippen LogP contribution in [0.1, 0.15) is 24.1 Å². The van der Waals surface area contributed by atoms with Crippen molar-refractivity contribution in [2.45, 2.75) is 37.2 Å². The van der Waals surface area contributed by atoms with Gasteiger partial charge in [0.05, 0.1) is 12.0 Å². The molecule has 2 aliphatic rings. The van der Waals surface area contributed by atoms with E-state index in [1.165, 1.54) is 35.0 Å². The molecular weight excluding hydrogens is 372 g/mol. The minimum Gasteiger partial charge on any atom is -0.497 e. The van der Waals surface area contributed by atoms with E-state index in [1.54, 1.807) is 35.7 Å². The highest BCUT2D eigenvalue weighted by Crippen LogP contribution is 2.37. The zero-order valence-corrected chi connectivity index (χ0v) is 16.8. The van der Waals surface area contributed by atoms with Gasteiger partial charge in [-0.3, -0.25) is 0 Å². The molecule has 0 saturated heterocycles. The van der Waals surface area contributed by atoms with Crippen molar-refractivity contribution in [1.29, 1.82) is 0 Å². The van der Waals surface area contributed by atoms with Crippen LogP contribution in [0.4, 0.5) is 0 Å². The molecule has 3 aromatic rings. The molecule has 0 N–H and O–H groups in total. The summed E-state index contributed by atoms with van der Waals surface area (Å²) in [6.45, 7) is 2.01. The molecule has 2 heterocycles. The molecule has 0 radical (unpaired) electrons. The first-order valence-corrected chi connectivity index (χ1v) is 11.2. The topological polar surface area (TPSA) is 51.5 Å². The molecule has 1 aromatic heterocycles. The Balaban J connectivity index is 1.52. The van der Waals surface area contributed by atoms with Crippen LogP contribution < -0.4 is 4.74 Å². The van der Waals surface area contributed by atoms with Crippen LogP contribution in [0.2, 0.25) is 0 Å². The Morgan fingerprint density at radius 1 is 1.07 bits per heavy atom. The Morgan fingerprint density at radius 3 is 2.54 bits per heavy atom. The molecule has 5 nitrogen and oxygen atoms in total. The third-order valence-corrected chi connectivity index (χ3v) is 7.82. The number of nitrogens with zero attached hydrogens (tertiary/aromatic N) is 2. The predicted molar refractivity (Wildman–Crippen MR) is 109 cm³/mol. The van der Waals surface area contributed by atoms with Crippen LogP contribution in [0.3, 0.4) is 0 Å². The Morgan fingerprint density at radius 2 is 1.82 bits per heavy atom. The average Bonchev–Trinajstić information content (AvgIpc) is 3.50. The first-order chi connectivity index (χ1) is 13.6. The number of fused-ring (bicyclic) bond motifs is 3. The van der Waals surface area contributed by atoms with Crippen LogP contribution in [0, 0.1) is 5.92 Å². The van der Waals surface area contributed by atoms with Crippen LogP contribution in [-0.2, 0) is 29.5 Å². The largest absolute Gasteiger partial charge is 0.497 e. The summed E-state index contributed by atoms with van der Waals surface area (Å²) in [6.07, 6.45) is 3.37. The maximum absolute atomic E-state index is 13.2. The number of aromatic nitrogens is 1. The van der Waals surface area contributed by atoms with Gasteiger partial charge in [0.2, 0.25) is 10.0 Å². The molecular formula is C22H24N2O3S. The summed E-state index contributed by atoms with van der Waals surface area (Å²) in [5.74, 6) is 1.43. The molecule has 1 aliphatic carbocycles. The molecule has 6 heteroatoms. The molecule has 0 amide bonds. The normalized spacial score (nSPS) is 17.6. The average molecular weight is 397 g/mol. The summed E-state index contributed by atoms with van der Waals surface area (Å²) in [6, 6.07) is 15.1. The summed E-state index contributed by atoms with van der Waals surface area (Å²) in [7, 11) is -1.95. The first kappa shape index (κ1) is 17.8. The number of sulfonamides is 1. The zero-order valence-electron chi connectivity index (χ0n) is 16.0. The van der Waals surface area contributed by atoms with Crippen LogP contribution >= 0.6 is 0 Å². The highest BCUT2D eigenvalue weighted by Gasteiger charge is 2.33. The molecule has 28 heavy (non-hydrogen) atoms. The van der Waals surface area contributed by atoms with Gasteiger partial charge in [0.15, 0.2) is 0 Å². The van der Waals surface area contributed by atoms with Gasteiger partial charge >= 0.3 is 0 Å². The van der Waals surface area contributed by atoms with Gasteiger partial charge in [-0.15, -0.1) is 0 Å². The van der Waals surface area contributed by atoms with E-state index >= 15 is 0 Å². The van der Waals surface area contributed by atoms with Gasteiger partial charge in [-0.25, -0.2) is 8.42 Å². The number of benzene rings is 2. The van der Waals surface area contributed by atoms with Crippen LogP contribution in [-0.4, -0.2) is 30.9 Å². The molecule has 0 unspecified atom stereocenters. The lowest BCUT2D eigenvalue weighted by atomic mass is 10.1. The number of para-hydroxylation sites is 1.